The number of alkyl halides is 1. The van der Waals surface area contributed by atoms with Gasteiger partial charge in [0, 0.05) is 9.75 Å². The summed E-state index contributed by atoms with van der Waals surface area (Å²) >= 11 is 8.73. The smallest absolute Gasteiger partial charge is 0.0706 e. The molecule has 3 rings (SSSR count). The van der Waals surface area contributed by atoms with Gasteiger partial charge >= 0.3 is 0 Å². The summed E-state index contributed by atoms with van der Waals surface area (Å²) in [5.41, 5.74) is 0. The zero-order valence-electron chi connectivity index (χ0n) is 11.9. The Hall–Kier alpha value is -0.0100. The van der Waals surface area contributed by atoms with Crippen molar-refractivity contribution in [3.8, 4) is 0 Å². The fraction of sp³-hybridized carbons (Fsp3) is 0.765. The van der Waals surface area contributed by atoms with Gasteiger partial charge in [0.1, 0.15) is 0 Å². The molecule has 2 aliphatic rings. The second-order valence-corrected chi connectivity index (χ2v) is 8.11. The van der Waals surface area contributed by atoms with Crippen LogP contribution in [0.5, 0.6) is 0 Å². The molecule has 0 saturated heterocycles. The minimum Gasteiger partial charge on any atom is -0.144 e. The van der Waals surface area contributed by atoms with E-state index in [0.29, 0.717) is 0 Å². The average Bonchev–Trinajstić information content (AvgIpc) is 2.95. The van der Waals surface area contributed by atoms with E-state index in [1.807, 2.05) is 11.3 Å². The van der Waals surface area contributed by atoms with Gasteiger partial charge < -0.3 is 0 Å². The van der Waals surface area contributed by atoms with Crippen molar-refractivity contribution in [1.82, 2.24) is 0 Å². The molecule has 0 radical (unpaired) electrons. The van der Waals surface area contributed by atoms with Gasteiger partial charge in [-0.1, -0.05) is 32.6 Å². The summed E-state index contributed by atoms with van der Waals surface area (Å²) in [6, 6.07) is 4.54. The van der Waals surface area contributed by atoms with E-state index in [0.717, 1.165) is 24.2 Å². The number of hydrogen-bond acceptors (Lipinski definition) is 1. The molecule has 2 aliphatic carbocycles. The molecule has 4 unspecified atom stereocenters. The molecule has 0 aliphatic heterocycles. The second kappa shape index (κ2) is 6.18. The van der Waals surface area contributed by atoms with Crippen LogP contribution in [0.15, 0.2) is 12.1 Å². The van der Waals surface area contributed by atoms with E-state index >= 15 is 0 Å². The van der Waals surface area contributed by atoms with E-state index in [-0.39, 0.29) is 5.38 Å². The standard InChI is InChI=1S/C17H25ClS/c1-2-15-9-10-16(19-15)17(18)14-8-7-12-5-3-4-6-13(12)11-14/h9-10,12-14,17H,2-8,11H2,1H3. The Morgan fingerprint density at radius 1 is 1.16 bits per heavy atom. The number of fused-ring (bicyclic) bond motifs is 1. The second-order valence-electron chi connectivity index (χ2n) is 6.44. The molecule has 0 aromatic carbocycles. The van der Waals surface area contributed by atoms with Crippen LogP contribution < -0.4 is 0 Å². The van der Waals surface area contributed by atoms with Crippen molar-refractivity contribution in [1.29, 1.82) is 0 Å². The highest BCUT2D eigenvalue weighted by Gasteiger charge is 2.35. The monoisotopic (exact) mass is 296 g/mol. The molecule has 1 aromatic rings. The van der Waals surface area contributed by atoms with Gasteiger partial charge in [-0.3, -0.25) is 0 Å². The lowest BCUT2D eigenvalue weighted by atomic mass is 9.67. The Balaban J connectivity index is 1.65. The maximum absolute atomic E-state index is 6.80. The van der Waals surface area contributed by atoms with Crippen molar-refractivity contribution >= 4 is 22.9 Å². The lowest BCUT2D eigenvalue weighted by Crippen LogP contribution is -2.29. The summed E-state index contributed by atoms with van der Waals surface area (Å²) in [4.78, 5) is 2.89. The normalized spacial score (nSPS) is 32.8. The van der Waals surface area contributed by atoms with Gasteiger partial charge in [-0.25, -0.2) is 0 Å². The third-order valence-corrected chi connectivity index (χ3v) is 7.33. The molecular weight excluding hydrogens is 272 g/mol. The van der Waals surface area contributed by atoms with Gasteiger partial charge in [0.05, 0.1) is 5.38 Å². The van der Waals surface area contributed by atoms with Crippen LogP contribution in [0.1, 0.15) is 67.0 Å². The first-order chi connectivity index (χ1) is 9.28. The van der Waals surface area contributed by atoms with Crippen molar-refractivity contribution in [2.45, 2.75) is 63.7 Å². The molecule has 2 saturated carbocycles. The summed E-state index contributed by atoms with van der Waals surface area (Å²) in [6.07, 6.45) is 11.2. The van der Waals surface area contributed by atoms with Crippen molar-refractivity contribution in [2.24, 2.45) is 17.8 Å². The molecule has 4 atom stereocenters. The highest BCUT2D eigenvalue weighted by molar-refractivity contribution is 7.12. The first-order valence-electron chi connectivity index (χ1n) is 8.00. The Labute approximate surface area is 126 Å². The largest absolute Gasteiger partial charge is 0.144 e. The van der Waals surface area contributed by atoms with Crippen LogP contribution in [0.2, 0.25) is 0 Å². The van der Waals surface area contributed by atoms with Crippen LogP contribution in [0.4, 0.5) is 0 Å². The van der Waals surface area contributed by atoms with E-state index in [1.165, 1.54) is 54.7 Å². The predicted molar refractivity (Wildman–Crippen MR) is 85.1 cm³/mol. The van der Waals surface area contributed by atoms with E-state index in [1.54, 1.807) is 0 Å². The van der Waals surface area contributed by atoms with Crippen LogP contribution in [0, 0.1) is 17.8 Å². The number of halogens is 1. The Kier molecular flexibility index (Phi) is 4.54. The molecule has 0 bridgehead atoms. The highest BCUT2D eigenvalue weighted by Crippen LogP contribution is 2.48. The van der Waals surface area contributed by atoms with Crippen LogP contribution >= 0.6 is 22.9 Å². The molecule has 0 N–H and O–H groups in total. The fourth-order valence-electron chi connectivity index (χ4n) is 4.14. The summed E-state index contributed by atoms with van der Waals surface area (Å²) in [6.45, 7) is 2.23. The minimum atomic E-state index is 0.271. The van der Waals surface area contributed by atoms with Crippen LogP contribution in [-0.2, 0) is 6.42 Å². The Bertz CT molecular complexity index is 411. The fourth-order valence-corrected chi connectivity index (χ4v) is 5.60. The third kappa shape index (κ3) is 3.03. The molecule has 2 heteroatoms. The SMILES string of the molecule is CCc1ccc(C(Cl)C2CCC3CCCCC3C2)s1. The number of aryl methyl sites for hydroxylation is 1. The molecule has 1 heterocycles. The van der Waals surface area contributed by atoms with E-state index in [2.05, 4.69) is 19.1 Å². The van der Waals surface area contributed by atoms with Gasteiger partial charge in [-0.15, -0.1) is 22.9 Å². The maximum Gasteiger partial charge on any atom is 0.0706 e. The van der Waals surface area contributed by atoms with E-state index in [9.17, 15) is 0 Å². The molecule has 0 spiro atoms. The first-order valence-corrected chi connectivity index (χ1v) is 9.26. The predicted octanol–water partition coefficient (Wildman–Crippen LogP) is 6.20. The zero-order chi connectivity index (χ0) is 13.2. The third-order valence-electron chi connectivity index (χ3n) is 5.30. The Morgan fingerprint density at radius 3 is 2.68 bits per heavy atom. The highest BCUT2D eigenvalue weighted by atomic mass is 35.5. The molecule has 0 nitrogen and oxygen atoms in total. The molecule has 1 aromatic heterocycles. The van der Waals surface area contributed by atoms with Gasteiger partial charge in [0.15, 0.2) is 0 Å². The van der Waals surface area contributed by atoms with Gasteiger partial charge in [0.2, 0.25) is 0 Å². The molecule has 19 heavy (non-hydrogen) atoms. The van der Waals surface area contributed by atoms with Crippen LogP contribution in [0.3, 0.4) is 0 Å². The van der Waals surface area contributed by atoms with Crippen LogP contribution in [0.25, 0.3) is 0 Å². The average molecular weight is 297 g/mol. The van der Waals surface area contributed by atoms with Gasteiger partial charge in [-0.05, 0) is 55.6 Å². The lowest BCUT2D eigenvalue weighted by molar-refractivity contribution is 0.128. The maximum atomic E-state index is 6.80. The van der Waals surface area contributed by atoms with Gasteiger partial charge in [-0.2, -0.15) is 0 Å². The van der Waals surface area contributed by atoms with Crippen molar-refractivity contribution in [2.75, 3.05) is 0 Å². The summed E-state index contributed by atoms with van der Waals surface area (Å²) in [5, 5.41) is 0.271. The summed E-state index contributed by atoms with van der Waals surface area (Å²) in [5.74, 6) is 2.74. The lowest BCUT2D eigenvalue weighted by Gasteiger charge is -2.40. The molecular formula is C17H25ClS. The quantitative estimate of drug-likeness (QED) is 0.583. The van der Waals surface area contributed by atoms with Gasteiger partial charge in [0.25, 0.3) is 0 Å². The molecule has 0 amide bonds. The van der Waals surface area contributed by atoms with Crippen molar-refractivity contribution in [3.05, 3.63) is 21.9 Å². The number of rotatable bonds is 3. The molecule has 106 valence electrons. The number of hydrogen-bond donors (Lipinski definition) is 0. The zero-order valence-corrected chi connectivity index (χ0v) is 13.5. The Morgan fingerprint density at radius 2 is 1.95 bits per heavy atom. The topological polar surface area (TPSA) is 0 Å². The molecule has 2 fully saturated rings. The van der Waals surface area contributed by atoms with E-state index < -0.39 is 0 Å². The summed E-state index contributed by atoms with van der Waals surface area (Å²) < 4.78 is 0. The van der Waals surface area contributed by atoms with Crippen molar-refractivity contribution in [3.63, 3.8) is 0 Å². The van der Waals surface area contributed by atoms with Crippen LogP contribution in [-0.4, -0.2) is 0 Å². The minimum absolute atomic E-state index is 0.271. The number of thiophene rings is 1. The van der Waals surface area contributed by atoms with E-state index in [4.69, 9.17) is 11.6 Å². The summed E-state index contributed by atoms with van der Waals surface area (Å²) in [7, 11) is 0. The van der Waals surface area contributed by atoms with Crippen molar-refractivity contribution < 1.29 is 0 Å². The first kappa shape index (κ1) is 13.9.